The Morgan fingerprint density at radius 2 is 2.00 bits per heavy atom. The van der Waals surface area contributed by atoms with E-state index in [2.05, 4.69) is 5.32 Å². The van der Waals surface area contributed by atoms with Gasteiger partial charge in [0.05, 0.1) is 5.54 Å². The summed E-state index contributed by atoms with van der Waals surface area (Å²) >= 11 is 0. The molecule has 1 saturated heterocycles. The van der Waals surface area contributed by atoms with Crippen LogP contribution in [0, 0.1) is 5.92 Å². The summed E-state index contributed by atoms with van der Waals surface area (Å²) in [7, 11) is 0. The number of nitrogens with zero attached hydrogens (tertiary/aromatic N) is 1. The molecule has 0 aromatic carbocycles. The van der Waals surface area contributed by atoms with Crippen LogP contribution in [-0.2, 0) is 9.59 Å². The number of hydrogen-bond acceptors (Lipinski definition) is 3. The Bertz CT molecular complexity index is 350. The van der Waals surface area contributed by atoms with E-state index in [9.17, 15) is 9.59 Å². The molecule has 1 heterocycles. The van der Waals surface area contributed by atoms with Crippen LogP contribution in [0.15, 0.2) is 0 Å². The minimum Gasteiger partial charge on any atom is -0.352 e. The van der Waals surface area contributed by atoms with E-state index in [1.807, 2.05) is 11.8 Å². The molecule has 2 amide bonds. The lowest BCUT2D eigenvalue weighted by Gasteiger charge is -2.37. The summed E-state index contributed by atoms with van der Waals surface area (Å²) in [4.78, 5) is 25.3. The molecule has 2 atom stereocenters. The first-order valence-electron chi connectivity index (χ1n) is 6.76. The van der Waals surface area contributed by atoms with Crippen molar-refractivity contribution in [2.24, 2.45) is 11.7 Å². The standard InChI is InChI=1S/C13H23N3O2/c1-9(17)15-11-4-3-7-16(8-11)12(18)13(2,14)10-5-6-10/h10-11H,3-8,14H2,1-2H3,(H,15,17). The van der Waals surface area contributed by atoms with E-state index in [-0.39, 0.29) is 17.9 Å². The summed E-state index contributed by atoms with van der Waals surface area (Å²) in [6.07, 6.45) is 3.98. The SMILES string of the molecule is CC(=O)NC1CCCN(C(=O)C(C)(N)C2CC2)C1. The van der Waals surface area contributed by atoms with Gasteiger partial charge in [-0.2, -0.15) is 0 Å². The van der Waals surface area contributed by atoms with Crippen LogP contribution in [0.4, 0.5) is 0 Å². The predicted octanol–water partition coefficient (Wildman–Crippen LogP) is 0.241. The van der Waals surface area contributed by atoms with Crippen LogP contribution in [-0.4, -0.2) is 41.4 Å². The highest BCUT2D eigenvalue weighted by Crippen LogP contribution is 2.39. The van der Waals surface area contributed by atoms with Crippen LogP contribution in [0.25, 0.3) is 0 Å². The molecule has 2 fully saturated rings. The number of likely N-dealkylation sites (tertiary alicyclic amines) is 1. The molecule has 1 aliphatic carbocycles. The maximum absolute atomic E-state index is 12.4. The molecule has 5 heteroatoms. The Morgan fingerprint density at radius 3 is 2.56 bits per heavy atom. The van der Waals surface area contributed by atoms with Gasteiger partial charge in [0.25, 0.3) is 0 Å². The number of rotatable bonds is 3. The first-order valence-corrected chi connectivity index (χ1v) is 6.76. The molecule has 2 rings (SSSR count). The highest BCUT2D eigenvalue weighted by atomic mass is 16.2. The number of nitrogens with two attached hydrogens (primary N) is 1. The largest absolute Gasteiger partial charge is 0.352 e. The van der Waals surface area contributed by atoms with Gasteiger partial charge in [0.1, 0.15) is 0 Å². The van der Waals surface area contributed by atoms with Crippen LogP contribution >= 0.6 is 0 Å². The second-order valence-electron chi connectivity index (χ2n) is 5.85. The second-order valence-corrected chi connectivity index (χ2v) is 5.85. The molecule has 102 valence electrons. The normalized spacial score (nSPS) is 27.5. The lowest BCUT2D eigenvalue weighted by molar-refractivity contribution is -0.139. The highest BCUT2D eigenvalue weighted by molar-refractivity contribution is 5.86. The minimum absolute atomic E-state index is 0.0352. The van der Waals surface area contributed by atoms with Crippen LogP contribution in [0.3, 0.4) is 0 Å². The third-order valence-corrected chi connectivity index (χ3v) is 4.00. The smallest absolute Gasteiger partial charge is 0.242 e. The monoisotopic (exact) mass is 253 g/mol. The average Bonchev–Trinajstić information content (AvgIpc) is 3.11. The molecule has 0 radical (unpaired) electrons. The zero-order valence-electron chi connectivity index (χ0n) is 11.2. The molecule has 2 unspecified atom stereocenters. The fraction of sp³-hybridized carbons (Fsp3) is 0.846. The van der Waals surface area contributed by atoms with Gasteiger partial charge in [-0.25, -0.2) is 0 Å². The van der Waals surface area contributed by atoms with Crippen molar-refractivity contribution >= 4 is 11.8 Å². The first-order chi connectivity index (χ1) is 8.41. The molecule has 2 aliphatic rings. The minimum atomic E-state index is -0.724. The van der Waals surface area contributed by atoms with E-state index in [1.54, 1.807) is 0 Å². The summed E-state index contributed by atoms with van der Waals surface area (Å²) in [5.74, 6) is 0.346. The van der Waals surface area contributed by atoms with Crippen molar-refractivity contribution < 1.29 is 9.59 Å². The molecule has 3 N–H and O–H groups in total. The van der Waals surface area contributed by atoms with Crippen molar-refractivity contribution in [2.45, 2.75) is 51.1 Å². The summed E-state index contributed by atoms with van der Waals surface area (Å²) in [5, 5.41) is 2.89. The lowest BCUT2D eigenvalue weighted by Crippen LogP contribution is -2.59. The van der Waals surface area contributed by atoms with E-state index < -0.39 is 5.54 Å². The van der Waals surface area contributed by atoms with Crippen molar-refractivity contribution in [2.75, 3.05) is 13.1 Å². The molecular formula is C13H23N3O2. The van der Waals surface area contributed by atoms with E-state index in [0.29, 0.717) is 12.5 Å². The Labute approximate surface area is 108 Å². The zero-order chi connectivity index (χ0) is 13.3. The van der Waals surface area contributed by atoms with Crippen LogP contribution in [0.5, 0.6) is 0 Å². The van der Waals surface area contributed by atoms with Gasteiger partial charge in [0.15, 0.2) is 0 Å². The van der Waals surface area contributed by atoms with Crippen LogP contribution < -0.4 is 11.1 Å². The van der Waals surface area contributed by atoms with Crippen LogP contribution in [0.2, 0.25) is 0 Å². The summed E-state index contributed by atoms with van der Waals surface area (Å²) in [6.45, 7) is 4.71. The Morgan fingerprint density at radius 1 is 1.33 bits per heavy atom. The van der Waals surface area contributed by atoms with E-state index >= 15 is 0 Å². The molecule has 5 nitrogen and oxygen atoms in total. The number of piperidine rings is 1. The number of carbonyl (C=O) groups is 2. The van der Waals surface area contributed by atoms with Crippen molar-refractivity contribution in [3.8, 4) is 0 Å². The molecular weight excluding hydrogens is 230 g/mol. The van der Waals surface area contributed by atoms with Crippen LogP contribution in [0.1, 0.15) is 39.5 Å². The summed E-state index contributed by atoms with van der Waals surface area (Å²) < 4.78 is 0. The maximum atomic E-state index is 12.4. The topological polar surface area (TPSA) is 75.4 Å². The number of carbonyl (C=O) groups excluding carboxylic acids is 2. The molecule has 1 saturated carbocycles. The maximum Gasteiger partial charge on any atom is 0.242 e. The lowest BCUT2D eigenvalue weighted by atomic mass is 9.93. The van der Waals surface area contributed by atoms with Gasteiger partial charge in [-0.1, -0.05) is 0 Å². The van der Waals surface area contributed by atoms with Gasteiger partial charge in [-0.05, 0) is 38.5 Å². The fourth-order valence-electron chi connectivity index (χ4n) is 2.77. The molecule has 0 spiro atoms. The van der Waals surface area contributed by atoms with E-state index in [0.717, 1.165) is 32.2 Å². The van der Waals surface area contributed by atoms with Gasteiger partial charge in [-0.3, -0.25) is 9.59 Å². The third kappa shape index (κ3) is 2.83. The van der Waals surface area contributed by atoms with E-state index in [1.165, 1.54) is 6.92 Å². The molecule has 0 aromatic rings. The van der Waals surface area contributed by atoms with Gasteiger partial charge in [-0.15, -0.1) is 0 Å². The average molecular weight is 253 g/mol. The predicted molar refractivity (Wildman–Crippen MR) is 68.7 cm³/mol. The third-order valence-electron chi connectivity index (χ3n) is 4.00. The molecule has 18 heavy (non-hydrogen) atoms. The summed E-state index contributed by atoms with van der Waals surface area (Å²) in [5.41, 5.74) is 5.44. The number of amides is 2. The Hall–Kier alpha value is -1.10. The second kappa shape index (κ2) is 4.88. The fourth-order valence-corrected chi connectivity index (χ4v) is 2.77. The van der Waals surface area contributed by atoms with Gasteiger partial charge in [0.2, 0.25) is 11.8 Å². The zero-order valence-corrected chi connectivity index (χ0v) is 11.2. The van der Waals surface area contributed by atoms with Crippen molar-refractivity contribution in [3.63, 3.8) is 0 Å². The summed E-state index contributed by atoms with van der Waals surface area (Å²) in [6, 6.07) is 0.0789. The van der Waals surface area contributed by atoms with Gasteiger partial charge < -0.3 is 16.0 Å². The Kier molecular flexibility index (Phi) is 3.61. The number of nitrogens with one attached hydrogen (secondary N) is 1. The molecule has 0 bridgehead atoms. The van der Waals surface area contributed by atoms with E-state index in [4.69, 9.17) is 5.73 Å². The number of hydrogen-bond donors (Lipinski definition) is 2. The van der Waals surface area contributed by atoms with Gasteiger partial charge >= 0.3 is 0 Å². The highest BCUT2D eigenvalue weighted by Gasteiger charge is 2.46. The van der Waals surface area contributed by atoms with Gasteiger partial charge in [0, 0.05) is 26.1 Å². The van der Waals surface area contributed by atoms with Crippen molar-refractivity contribution in [1.29, 1.82) is 0 Å². The van der Waals surface area contributed by atoms with Crippen molar-refractivity contribution in [1.82, 2.24) is 10.2 Å². The quantitative estimate of drug-likeness (QED) is 0.756. The molecule has 0 aromatic heterocycles. The Balaban J connectivity index is 1.95. The molecule has 1 aliphatic heterocycles. The van der Waals surface area contributed by atoms with Crippen molar-refractivity contribution in [3.05, 3.63) is 0 Å². The first kappa shape index (κ1) is 13.3.